The van der Waals surface area contributed by atoms with Gasteiger partial charge in [0.15, 0.2) is 5.82 Å². The lowest BCUT2D eigenvalue weighted by molar-refractivity contribution is 1.10. The molecule has 0 amide bonds. The number of rotatable bonds is 1. The van der Waals surface area contributed by atoms with Crippen LogP contribution in [-0.2, 0) is 0 Å². The summed E-state index contributed by atoms with van der Waals surface area (Å²) >= 11 is 5.90. The first kappa shape index (κ1) is 9.02. The monoisotopic (exact) mass is 208 g/mol. The quantitative estimate of drug-likeness (QED) is 0.754. The molecule has 0 aliphatic heterocycles. The zero-order chi connectivity index (χ0) is 10.1. The van der Waals surface area contributed by atoms with Crippen molar-refractivity contribution in [2.45, 2.75) is 6.92 Å². The summed E-state index contributed by atoms with van der Waals surface area (Å²) in [6.07, 6.45) is 0. The van der Waals surface area contributed by atoms with Crippen molar-refractivity contribution < 1.29 is 0 Å². The van der Waals surface area contributed by atoms with Gasteiger partial charge < -0.3 is 5.73 Å². The van der Waals surface area contributed by atoms with Crippen molar-refractivity contribution in [2.24, 2.45) is 0 Å². The molecule has 0 spiro atoms. The number of hydrogen-bond acceptors (Lipinski definition) is 3. The average molecular weight is 209 g/mol. The molecule has 1 heterocycles. The third kappa shape index (κ3) is 1.56. The molecule has 72 valence electrons. The van der Waals surface area contributed by atoms with Gasteiger partial charge in [-0.25, -0.2) is 0 Å². The number of nitrogen functional groups attached to an aromatic ring is 1. The Bertz CT molecular complexity index is 464. The van der Waals surface area contributed by atoms with E-state index in [0.717, 1.165) is 16.1 Å². The number of nitrogens with two attached hydrogens (primary N) is 1. The Morgan fingerprint density at radius 2 is 2.21 bits per heavy atom. The summed E-state index contributed by atoms with van der Waals surface area (Å²) < 4.78 is 0. The van der Waals surface area contributed by atoms with E-state index >= 15 is 0 Å². The first-order valence-corrected chi connectivity index (χ1v) is 4.49. The summed E-state index contributed by atoms with van der Waals surface area (Å²) in [5, 5.41) is 7.23. The van der Waals surface area contributed by atoms with Crippen LogP contribution in [0.15, 0.2) is 18.2 Å². The first-order valence-electron chi connectivity index (χ1n) is 4.11. The smallest absolute Gasteiger partial charge is 0.239 e. The second-order valence-electron chi connectivity index (χ2n) is 3.01. The minimum Gasteiger partial charge on any atom is -0.366 e. The average Bonchev–Trinajstić information content (AvgIpc) is 2.57. The van der Waals surface area contributed by atoms with Crippen LogP contribution in [0.2, 0.25) is 5.02 Å². The number of H-pyrrole nitrogens is 1. The number of aryl methyl sites for hydroxylation is 1. The van der Waals surface area contributed by atoms with Crippen LogP contribution in [0.3, 0.4) is 0 Å². The molecule has 0 aliphatic carbocycles. The maximum Gasteiger partial charge on any atom is 0.239 e. The second kappa shape index (κ2) is 3.31. The zero-order valence-electron chi connectivity index (χ0n) is 7.58. The largest absolute Gasteiger partial charge is 0.366 e. The standard InChI is InChI=1S/C9H9ClN4/c1-5-4-6(2-3-7(5)10)8-12-9(11)14-13-8/h2-4H,1H3,(H3,11,12,13,14). The molecule has 2 aromatic rings. The number of aromatic amines is 1. The van der Waals surface area contributed by atoms with E-state index in [1.165, 1.54) is 0 Å². The number of nitrogens with zero attached hydrogens (tertiary/aromatic N) is 2. The predicted octanol–water partition coefficient (Wildman–Crippen LogP) is 2.02. The summed E-state index contributed by atoms with van der Waals surface area (Å²) in [7, 11) is 0. The van der Waals surface area contributed by atoms with E-state index in [4.69, 9.17) is 17.3 Å². The third-order valence-electron chi connectivity index (χ3n) is 1.93. The van der Waals surface area contributed by atoms with E-state index in [0.29, 0.717) is 5.82 Å². The van der Waals surface area contributed by atoms with Crippen molar-refractivity contribution in [3.8, 4) is 11.4 Å². The van der Waals surface area contributed by atoms with Gasteiger partial charge in [-0.2, -0.15) is 4.98 Å². The van der Waals surface area contributed by atoms with Gasteiger partial charge >= 0.3 is 0 Å². The molecule has 0 bridgehead atoms. The molecule has 0 atom stereocenters. The summed E-state index contributed by atoms with van der Waals surface area (Å²) in [6, 6.07) is 5.63. The van der Waals surface area contributed by atoms with Gasteiger partial charge in [-0.1, -0.05) is 11.6 Å². The molecule has 4 nitrogen and oxygen atoms in total. The number of hydrogen-bond donors (Lipinski definition) is 2. The SMILES string of the molecule is Cc1cc(-c2nc(N)n[nH]2)ccc1Cl. The third-order valence-corrected chi connectivity index (χ3v) is 2.36. The van der Waals surface area contributed by atoms with Crippen LogP contribution in [0.1, 0.15) is 5.56 Å². The number of halogens is 1. The van der Waals surface area contributed by atoms with Crippen LogP contribution in [0, 0.1) is 6.92 Å². The number of nitrogens with one attached hydrogen (secondary N) is 1. The van der Waals surface area contributed by atoms with Gasteiger partial charge in [0.2, 0.25) is 5.95 Å². The van der Waals surface area contributed by atoms with Crippen molar-refractivity contribution in [1.82, 2.24) is 15.2 Å². The summed E-state index contributed by atoms with van der Waals surface area (Å²) in [4.78, 5) is 4.02. The van der Waals surface area contributed by atoms with Crippen molar-refractivity contribution in [2.75, 3.05) is 5.73 Å². The zero-order valence-corrected chi connectivity index (χ0v) is 8.34. The van der Waals surface area contributed by atoms with Gasteiger partial charge in [0.25, 0.3) is 0 Å². The molecule has 0 aliphatic rings. The topological polar surface area (TPSA) is 67.6 Å². The maximum absolute atomic E-state index is 5.90. The Morgan fingerprint density at radius 3 is 2.79 bits per heavy atom. The van der Waals surface area contributed by atoms with E-state index < -0.39 is 0 Å². The lowest BCUT2D eigenvalue weighted by atomic mass is 10.1. The number of benzene rings is 1. The lowest BCUT2D eigenvalue weighted by Gasteiger charge is -1.99. The molecule has 2 rings (SSSR count). The maximum atomic E-state index is 5.90. The highest BCUT2D eigenvalue weighted by Gasteiger charge is 2.04. The fourth-order valence-corrected chi connectivity index (χ4v) is 1.31. The molecule has 3 N–H and O–H groups in total. The van der Waals surface area contributed by atoms with Crippen LogP contribution in [-0.4, -0.2) is 15.2 Å². The van der Waals surface area contributed by atoms with Gasteiger partial charge in [-0.05, 0) is 30.7 Å². The first-order chi connectivity index (χ1) is 6.66. The molecule has 0 saturated carbocycles. The van der Waals surface area contributed by atoms with E-state index in [2.05, 4.69) is 15.2 Å². The lowest BCUT2D eigenvalue weighted by Crippen LogP contribution is -1.86. The van der Waals surface area contributed by atoms with Crippen molar-refractivity contribution >= 4 is 17.5 Å². The minimum absolute atomic E-state index is 0.243. The van der Waals surface area contributed by atoms with Crippen LogP contribution in [0.4, 0.5) is 5.95 Å². The van der Waals surface area contributed by atoms with Crippen molar-refractivity contribution in [1.29, 1.82) is 0 Å². The molecule has 1 aromatic heterocycles. The highest BCUT2D eigenvalue weighted by atomic mass is 35.5. The summed E-state index contributed by atoms with van der Waals surface area (Å²) in [5.41, 5.74) is 7.33. The highest BCUT2D eigenvalue weighted by Crippen LogP contribution is 2.22. The van der Waals surface area contributed by atoms with Crippen LogP contribution in [0.25, 0.3) is 11.4 Å². The van der Waals surface area contributed by atoms with Crippen LogP contribution in [0.5, 0.6) is 0 Å². The summed E-state index contributed by atoms with van der Waals surface area (Å²) in [6.45, 7) is 1.94. The van der Waals surface area contributed by atoms with Gasteiger partial charge in [0.05, 0.1) is 0 Å². The Balaban J connectivity index is 2.47. The van der Waals surface area contributed by atoms with Crippen LogP contribution < -0.4 is 5.73 Å². The Morgan fingerprint density at radius 1 is 1.43 bits per heavy atom. The number of anilines is 1. The number of aromatic nitrogens is 3. The Kier molecular flexibility index (Phi) is 2.13. The fourth-order valence-electron chi connectivity index (χ4n) is 1.20. The Labute approximate surface area is 86.1 Å². The molecule has 1 aromatic carbocycles. The molecule has 14 heavy (non-hydrogen) atoms. The van der Waals surface area contributed by atoms with Crippen molar-refractivity contribution in [3.05, 3.63) is 28.8 Å². The molecular weight excluding hydrogens is 200 g/mol. The molecule has 0 unspecified atom stereocenters. The van der Waals surface area contributed by atoms with Gasteiger partial charge in [0, 0.05) is 10.6 Å². The van der Waals surface area contributed by atoms with E-state index in [1.807, 2.05) is 25.1 Å². The van der Waals surface area contributed by atoms with Gasteiger partial charge in [-0.3, -0.25) is 5.10 Å². The summed E-state index contributed by atoms with van der Waals surface area (Å²) in [5.74, 6) is 0.898. The Hall–Kier alpha value is -1.55. The predicted molar refractivity (Wildman–Crippen MR) is 56.0 cm³/mol. The fraction of sp³-hybridized carbons (Fsp3) is 0.111. The van der Waals surface area contributed by atoms with Gasteiger partial charge in [0.1, 0.15) is 0 Å². The van der Waals surface area contributed by atoms with Crippen LogP contribution >= 0.6 is 11.6 Å². The normalized spacial score (nSPS) is 10.4. The van der Waals surface area contributed by atoms with Crippen molar-refractivity contribution in [3.63, 3.8) is 0 Å². The highest BCUT2D eigenvalue weighted by molar-refractivity contribution is 6.31. The molecule has 0 fully saturated rings. The molecule has 0 radical (unpaired) electrons. The van der Waals surface area contributed by atoms with E-state index in [1.54, 1.807) is 0 Å². The minimum atomic E-state index is 0.243. The van der Waals surface area contributed by atoms with Gasteiger partial charge in [-0.15, -0.1) is 5.10 Å². The van der Waals surface area contributed by atoms with E-state index in [-0.39, 0.29) is 5.95 Å². The van der Waals surface area contributed by atoms with E-state index in [9.17, 15) is 0 Å². The molecule has 0 saturated heterocycles. The molecular formula is C9H9ClN4. The second-order valence-corrected chi connectivity index (χ2v) is 3.41. The molecule has 5 heteroatoms.